The van der Waals surface area contributed by atoms with E-state index < -0.39 is 17.4 Å². The lowest BCUT2D eigenvalue weighted by atomic mass is 9.87. The van der Waals surface area contributed by atoms with Gasteiger partial charge in [-0.15, -0.1) is 0 Å². The van der Waals surface area contributed by atoms with Crippen LogP contribution < -0.4 is 5.32 Å². The number of hydrogen-bond acceptors (Lipinski definition) is 4. The fourth-order valence-electron chi connectivity index (χ4n) is 1.41. The highest BCUT2D eigenvalue weighted by Gasteiger charge is 2.49. The summed E-state index contributed by atoms with van der Waals surface area (Å²) in [6.45, 7) is 2.59. The van der Waals surface area contributed by atoms with Gasteiger partial charge in [0.15, 0.2) is 5.41 Å². The second kappa shape index (κ2) is 3.74. The minimum Gasteiger partial charge on any atom is -0.480 e. The van der Waals surface area contributed by atoms with E-state index >= 15 is 0 Å². The van der Waals surface area contributed by atoms with Gasteiger partial charge in [0.2, 0.25) is 0 Å². The Morgan fingerprint density at radius 3 is 2.69 bits per heavy atom. The molecule has 1 aliphatic rings. The first-order valence-electron chi connectivity index (χ1n) is 4.25. The number of carbonyl (C=O) groups is 2. The van der Waals surface area contributed by atoms with E-state index in [1.54, 1.807) is 6.92 Å². The Morgan fingerprint density at radius 1 is 1.62 bits per heavy atom. The second-order valence-corrected chi connectivity index (χ2v) is 3.03. The molecule has 0 aliphatic carbocycles. The topological polar surface area (TPSA) is 75.6 Å². The van der Waals surface area contributed by atoms with E-state index in [0.717, 1.165) is 0 Å². The van der Waals surface area contributed by atoms with Gasteiger partial charge in [-0.3, -0.25) is 9.59 Å². The molecule has 0 aromatic rings. The maximum Gasteiger partial charge on any atom is 0.324 e. The predicted octanol–water partition coefficient (Wildman–Crippen LogP) is -0.386. The molecule has 2 N–H and O–H groups in total. The number of carboxylic acid groups (broad SMARTS) is 1. The molecular formula is C8H13NO4. The molecular weight excluding hydrogens is 174 g/mol. The molecule has 5 nitrogen and oxygen atoms in total. The summed E-state index contributed by atoms with van der Waals surface area (Å²) in [6, 6.07) is 0. The van der Waals surface area contributed by atoms with Gasteiger partial charge in [-0.25, -0.2) is 0 Å². The van der Waals surface area contributed by atoms with Crippen LogP contribution >= 0.6 is 0 Å². The van der Waals surface area contributed by atoms with E-state index in [0.29, 0.717) is 13.0 Å². The number of carbonyl (C=O) groups excluding carboxylic acids is 1. The first-order valence-corrected chi connectivity index (χ1v) is 4.25. The number of hydrogen-bond donors (Lipinski definition) is 2. The Labute approximate surface area is 76.1 Å². The monoisotopic (exact) mass is 187 g/mol. The highest BCUT2D eigenvalue weighted by Crippen LogP contribution is 2.27. The van der Waals surface area contributed by atoms with Crippen LogP contribution in [0.1, 0.15) is 13.3 Å². The molecule has 0 amide bonds. The number of carboxylic acids is 1. The lowest BCUT2D eigenvalue weighted by Crippen LogP contribution is -2.42. The summed E-state index contributed by atoms with van der Waals surface area (Å²) in [5.41, 5.74) is -1.35. The fourth-order valence-corrected chi connectivity index (χ4v) is 1.41. The van der Waals surface area contributed by atoms with Crippen molar-refractivity contribution in [1.82, 2.24) is 5.32 Å². The van der Waals surface area contributed by atoms with E-state index in [1.165, 1.54) is 0 Å². The van der Waals surface area contributed by atoms with Crippen molar-refractivity contribution < 1.29 is 19.4 Å². The molecule has 0 aromatic heterocycles. The van der Waals surface area contributed by atoms with Gasteiger partial charge in [0.05, 0.1) is 6.61 Å². The van der Waals surface area contributed by atoms with E-state index in [2.05, 4.69) is 5.32 Å². The molecule has 1 atom stereocenters. The van der Waals surface area contributed by atoms with Crippen molar-refractivity contribution in [2.24, 2.45) is 5.41 Å². The summed E-state index contributed by atoms with van der Waals surface area (Å²) >= 11 is 0. The minimum atomic E-state index is -1.35. The highest BCUT2D eigenvalue weighted by molar-refractivity contribution is 5.99. The molecule has 0 bridgehead atoms. The molecule has 5 heteroatoms. The molecule has 1 saturated heterocycles. The van der Waals surface area contributed by atoms with E-state index in [-0.39, 0.29) is 13.2 Å². The molecule has 0 radical (unpaired) electrons. The van der Waals surface area contributed by atoms with Crippen LogP contribution in [0.3, 0.4) is 0 Å². The van der Waals surface area contributed by atoms with Gasteiger partial charge in [-0.1, -0.05) is 0 Å². The molecule has 13 heavy (non-hydrogen) atoms. The summed E-state index contributed by atoms with van der Waals surface area (Å²) in [7, 11) is 0. The normalized spacial score (nSPS) is 27.2. The van der Waals surface area contributed by atoms with Gasteiger partial charge < -0.3 is 15.2 Å². The van der Waals surface area contributed by atoms with Crippen molar-refractivity contribution in [2.45, 2.75) is 13.3 Å². The van der Waals surface area contributed by atoms with Crippen LogP contribution in [0.4, 0.5) is 0 Å². The zero-order valence-corrected chi connectivity index (χ0v) is 7.50. The van der Waals surface area contributed by atoms with Crippen molar-refractivity contribution in [1.29, 1.82) is 0 Å². The van der Waals surface area contributed by atoms with Crippen molar-refractivity contribution in [3.8, 4) is 0 Å². The van der Waals surface area contributed by atoms with Gasteiger partial charge in [-0.05, 0) is 19.9 Å². The molecule has 0 spiro atoms. The summed E-state index contributed by atoms with van der Waals surface area (Å²) in [5.74, 6) is -1.73. The minimum absolute atomic E-state index is 0.168. The standard InChI is InChI=1S/C8H13NO4/c1-2-13-7(12)8(6(10)11)3-4-9-5-8/h9H,2-5H2,1H3,(H,10,11). The van der Waals surface area contributed by atoms with E-state index in [1.807, 2.05) is 0 Å². The molecule has 1 aliphatic heterocycles. The van der Waals surface area contributed by atoms with Crippen molar-refractivity contribution >= 4 is 11.9 Å². The predicted molar refractivity (Wildman–Crippen MR) is 44.2 cm³/mol. The number of ether oxygens (including phenoxy) is 1. The van der Waals surface area contributed by atoms with Crippen LogP contribution in [0, 0.1) is 5.41 Å². The van der Waals surface area contributed by atoms with Crippen LogP contribution in [-0.4, -0.2) is 36.7 Å². The third-order valence-electron chi connectivity index (χ3n) is 2.23. The van der Waals surface area contributed by atoms with E-state index in [4.69, 9.17) is 9.84 Å². The van der Waals surface area contributed by atoms with Gasteiger partial charge in [0.25, 0.3) is 0 Å². The highest BCUT2D eigenvalue weighted by atomic mass is 16.5. The van der Waals surface area contributed by atoms with Crippen molar-refractivity contribution in [3.05, 3.63) is 0 Å². The Bertz CT molecular complexity index is 220. The molecule has 1 fully saturated rings. The molecule has 1 rings (SSSR count). The van der Waals surface area contributed by atoms with Crippen molar-refractivity contribution in [3.63, 3.8) is 0 Å². The number of aliphatic carboxylic acids is 1. The fraction of sp³-hybridized carbons (Fsp3) is 0.750. The first kappa shape index (κ1) is 9.98. The van der Waals surface area contributed by atoms with Gasteiger partial charge in [0.1, 0.15) is 0 Å². The van der Waals surface area contributed by atoms with Crippen LogP contribution in [0.15, 0.2) is 0 Å². The molecule has 0 saturated carbocycles. The van der Waals surface area contributed by atoms with E-state index in [9.17, 15) is 9.59 Å². The Kier molecular flexibility index (Phi) is 2.87. The van der Waals surface area contributed by atoms with Crippen LogP contribution in [0.5, 0.6) is 0 Å². The zero-order chi connectivity index (χ0) is 9.90. The second-order valence-electron chi connectivity index (χ2n) is 3.03. The lowest BCUT2D eigenvalue weighted by molar-refractivity contribution is -0.166. The van der Waals surface area contributed by atoms with Gasteiger partial charge in [-0.2, -0.15) is 0 Å². The van der Waals surface area contributed by atoms with Crippen molar-refractivity contribution in [2.75, 3.05) is 19.7 Å². The Balaban J connectivity index is 2.78. The van der Waals surface area contributed by atoms with Crippen LogP contribution in [-0.2, 0) is 14.3 Å². The van der Waals surface area contributed by atoms with Gasteiger partial charge in [0, 0.05) is 6.54 Å². The first-order chi connectivity index (χ1) is 6.13. The quantitative estimate of drug-likeness (QED) is 0.465. The zero-order valence-electron chi connectivity index (χ0n) is 7.50. The number of esters is 1. The molecule has 0 aromatic carbocycles. The largest absolute Gasteiger partial charge is 0.480 e. The summed E-state index contributed by atoms with van der Waals surface area (Å²) in [4.78, 5) is 22.3. The summed E-state index contributed by atoms with van der Waals surface area (Å²) < 4.78 is 4.73. The smallest absolute Gasteiger partial charge is 0.324 e. The Morgan fingerprint density at radius 2 is 2.31 bits per heavy atom. The van der Waals surface area contributed by atoms with Gasteiger partial charge >= 0.3 is 11.9 Å². The molecule has 1 heterocycles. The SMILES string of the molecule is CCOC(=O)C1(C(=O)O)CCNC1. The third-order valence-corrected chi connectivity index (χ3v) is 2.23. The van der Waals surface area contributed by atoms with Crippen LogP contribution in [0.25, 0.3) is 0 Å². The van der Waals surface area contributed by atoms with Crippen LogP contribution in [0.2, 0.25) is 0 Å². The molecule has 1 unspecified atom stereocenters. The summed E-state index contributed by atoms with van der Waals surface area (Å²) in [5, 5.41) is 11.8. The average Bonchev–Trinajstić information content (AvgIpc) is 2.53. The average molecular weight is 187 g/mol. The Hall–Kier alpha value is -1.10. The molecule has 74 valence electrons. The maximum absolute atomic E-state index is 11.4. The number of rotatable bonds is 3. The third kappa shape index (κ3) is 1.65. The summed E-state index contributed by atoms with van der Waals surface area (Å²) in [6.07, 6.45) is 0.307. The lowest BCUT2D eigenvalue weighted by Gasteiger charge is -2.19. The number of nitrogens with one attached hydrogen (secondary N) is 1. The maximum atomic E-state index is 11.4.